The summed E-state index contributed by atoms with van der Waals surface area (Å²) in [6, 6.07) is 14.1. The molecule has 0 saturated carbocycles. The molecule has 0 heterocycles. The first-order valence-corrected chi connectivity index (χ1v) is 8.77. The molecule has 23 heavy (non-hydrogen) atoms. The second-order valence-electron chi connectivity index (χ2n) is 5.16. The predicted octanol–water partition coefficient (Wildman–Crippen LogP) is 3.31. The lowest BCUT2D eigenvalue weighted by molar-refractivity contribution is -0.139. The van der Waals surface area contributed by atoms with Gasteiger partial charge in [-0.25, -0.2) is 0 Å². The Balaban J connectivity index is 1.92. The molecule has 1 amide bonds. The highest BCUT2D eigenvalue weighted by Crippen LogP contribution is 2.24. The molecule has 0 fully saturated rings. The van der Waals surface area contributed by atoms with Gasteiger partial charge in [-0.3, -0.25) is 9.59 Å². The van der Waals surface area contributed by atoms with Crippen LogP contribution >= 0.6 is 11.8 Å². The summed E-state index contributed by atoms with van der Waals surface area (Å²) >= 11 is 1.26. The molecule has 2 rings (SSSR count). The molecule has 0 bridgehead atoms. The summed E-state index contributed by atoms with van der Waals surface area (Å²) in [6.45, 7) is 4.10. The van der Waals surface area contributed by atoms with Crippen molar-refractivity contribution in [1.29, 1.82) is 0 Å². The average Bonchev–Trinajstić information content (AvgIpc) is 2.54. The van der Waals surface area contributed by atoms with Crippen LogP contribution < -0.4 is 5.32 Å². The van der Waals surface area contributed by atoms with Crippen molar-refractivity contribution in [3.05, 3.63) is 48.0 Å². The zero-order chi connectivity index (χ0) is 16.7. The first-order valence-electron chi connectivity index (χ1n) is 7.62. The highest BCUT2D eigenvalue weighted by atomic mass is 32.2. The summed E-state index contributed by atoms with van der Waals surface area (Å²) in [5, 5.41) is 5.28. The van der Waals surface area contributed by atoms with Crippen molar-refractivity contribution < 1.29 is 14.3 Å². The van der Waals surface area contributed by atoms with E-state index in [2.05, 4.69) is 23.5 Å². The van der Waals surface area contributed by atoms with Gasteiger partial charge in [0.1, 0.15) is 0 Å². The summed E-state index contributed by atoms with van der Waals surface area (Å²) in [4.78, 5) is 23.3. The van der Waals surface area contributed by atoms with Gasteiger partial charge >= 0.3 is 5.97 Å². The van der Waals surface area contributed by atoms with E-state index in [9.17, 15) is 9.59 Å². The molecule has 0 spiro atoms. The first-order chi connectivity index (χ1) is 11.1. The van der Waals surface area contributed by atoms with Crippen molar-refractivity contribution in [3.63, 3.8) is 0 Å². The van der Waals surface area contributed by atoms with Gasteiger partial charge in [-0.2, -0.15) is 0 Å². The number of amides is 1. The van der Waals surface area contributed by atoms with Crippen LogP contribution in [0.3, 0.4) is 0 Å². The third kappa shape index (κ3) is 4.99. The minimum atomic E-state index is -0.285. The van der Waals surface area contributed by atoms with Crippen LogP contribution in [0.15, 0.2) is 42.5 Å². The van der Waals surface area contributed by atoms with Crippen LogP contribution in [0.4, 0.5) is 0 Å². The van der Waals surface area contributed by atoms with Crippen LogP contribution in [-0.4, -0.2) is 30.0 Å². The molecule has 0 aliphatic heterocycles. The maximum Gasteiger partial charge on any atom is 0.315 e. The lowest BCUT2D eigenvalue weighted by Crippen LogP contribution is -2.28. The Morgan fingerprint density at radius 3 is 2.65 bits per heavy atom. The number of thioether (sulfide) groups is 1. The number of hydrogen-bond acceptors (Lipinski definition) is 4. The molecule has 2 aromatic carbocycles. The molecule has 5 heteroatoms. The van der Waals surface area contributed by atoms with Crippen LogP contribution in [0.25, 0.3) is 10.8 Å². The van der Waals surface area contributed by atoms with E-state index >= 15 is 0 Å². The normalized spacial score (nSPS) is 11.9. The molecular formula is C18H21NO3S. The fourth-order valence-corrected chi connectivity index (χ4v) is 3.04. The van der Waals surface area contributed by atoms with Gasteiger partial charge in [0, 0.05) is 0 Å². The van der Waals surface area contributed by atoms with E-state index < -0.39 is 0 Å². The van der Waals surface area contributed by atoms with Crippen molar-refractivity contribution in [2.75, 3.05) is 18.1 Å². The Hall–Kier alpha value is -2.01. The number of rotatable bonds is 7. The minimum Gasteiger partial charge on any atom is -0.465 e. The number of fused-ring (bicyclic) bond motifs is 1. The summed E-state index contributed by atoms with van der Waals surface area (Å²) in [5.74, 6) is 0.0739. The Bertz CT molecular complexity index is 682. The smallest absolute Gasteiger partial charge is 0.315 e. The molecule has 122 valence electrons. The van der Waals surface area contributed by atoms with E-state index in [1.54, 1.807) is 6.92 Å². The Morgan fingerprint density at radius 1 is 1.13 bits per heavy atom. The van der Waals surface area contributed by atoms with Crippen LogP contribution in [0.1, 0.15) is 25.5 Å². The van der Waals surface area contributed by atoms with Gasteiger partial charge in [0.15, 0.2) is 0 Å². The molecule has 2 aromatic rings. The highest BCUT2D eigenvalue weighted by molar-refractivity contribution is 8.00. The van der Waals surface area contributed by atoms with Crippen LogP contribution in [0.2, 0.25) is 0 Å². The lowest BCUT2D eigenvalue weighted by Gasteiger charge is -2.16. The number of carbonyl (C=O) groups excluding carboxylic acids is 2. The number of carbonyl (C=O) groups is 2. The number of ether oxygens (including phenoxy) is 1. The number of nitrogens with one attached hydrogen (secondary N) is 1. The Labute approximate surface area is 140 Å². The van der Waals surface area contributed by atoms with E-state index in [1.165, 1.54) is 11.8 Å². The minimum absolute atomic E-state index is 0.0836. The van der Waals surface area contributed by atoms with Gasteiger partial charge in [0.2, 0.25) is 5.91 Å². The lowest BCUT2D eigenvalue weighted by atomic mass is 10.00. The average molecular weight is 331 g/mol. The monoisotopic (exact) mass is 331 g/mol. The maximum atomic E-state index is 12.0. The fourth-order valence-electron chi connectivity index (χ4n) is 2.42. The molecule has 0 unspecified atom stereocenters. The zero-order valence-electron chi connectivity index (χ0n) is 13.4. The molecule has 4 nitrogen and oxygen atoms in total. The van der Waals surface area contributed by atoms with E-state index in [1.807, 2.05) is 31.2 Å². The van der Waals surface area contributed by atoms with E-state index in [4.69, 9.17) is 4.74 Å². The summed E-state index contributed by atoms with van der Waals surface area (Å²) < 4.78 is 4.83. The van der Waals surface area contributed by atoms with Gasteiger partial charge < -0.3 is 10.1 Å². The summed E-state index contributed by atoms with van der Waals surface area (Å²) in [7, 11) is 0. The third-order valence-electron chi connectivity index (χ3n) is 3.43. The molecule has 0 saturated heterocycles. The van der Waals surface area contributed by atoms with Crippen LogP contribution in [-0.2, 0) is 14.3 Å². The second kappa shape index (κ2) is 8.58. The second-order valence-corrected chi connectivity index (χ2v) is 6.14. The Kier molecular flexibility index (Phi) is 6.47. The molecule has 0 radical (unpaired) electrons. The quantitative estimate of drug-likeness (QED) is 0.791. The molecule has 0 aromatic heterocycles. The molecule has 1 N–H and O–H groups in total. The number of benzene rings is 2. The maximum absolute atomic E-state index is 12.0. The van der Waals surface area contributed by atoms with Gasteiger partial charge in [-0.05, 0) is 30.2 Å². The predicted molar refractivity (Wildman–Crippen MR) is 94.5 cm³/mol. The van der Waals surface area contributed by atoms with Crippen molar-refractivity contribution in [2.45, 2.75) is 19.9 Å². The van der Waals surface area contributed by atoms with Gasteiger partial charge in [0.25, 0.3) is 0 Å². The van der Waals surface area contributed by atoms with Crippen molar-refractivity contribution in [1.82, 2.24) is 5.32 Å². The van der Waals surface area contributed by atoms with Gasteiger partial charge in [-0.15, -0.1) is 11.8 Å². The first kappa shape index (κ1) is 17.3. The molecule has 0 aliphatic rings. The molecule has 0 aliphatic carbocycles. The summed E-state index contributed by atoms with van der Waals surface area (Å²) in [5.41, 5.74) is 1.09. The van der Waals surface area contributed by atoms with Crippen molar-refractivity contribution >= 4 is 34.4 Å². The molecule has 1 atom stereocenters. The number of esters is 1. The largest absolute Gasteiger partial charge is 0.465 e. The molecular weight excluding hydrogens is 310 g/mol. The SMILES string of the molecule is CCOC(=O)CSCC(=O)N[C@H](C)c1cccc2ccccc12. The van der Waals surface area contributed by atoms with E-state index in [0.29, 0.717) is 6.61 Å². The topological polar surface area (TPSA) is 55.4 Å². The van der Waals surface area contributed by atoms with Crippen molar-refractivity contribution in [3.8, 4) is 0 Å². The highest BCUT2D eigenvalue weighted by Gasteiger charge is 2.13. The summed E-state index contributed by atoms with van der Waals surface area (Å²) in [6.07, 6.45) is 0. The zero-order valence-corrected chi connectivity index (χ0v) is 14.2. The fraction of sp³-hybridized carbons (Fsp3) is 0.333. The van der Waals surface area contributed by atoms with E-state index in [-0.39, 0.29) is 29.4 Å². The van der Waals surface area contributed by atoms with Crippen molar-refractivity contribution in [2.24, 2.45) is 0 Å². The van der Waals surface area contributed by atoms with Gasteiger partial charge in [-0.1, -0.05) is 42.5 Å². The van der Waals surface area contributed by atoms with Gasteiger partial charge in [0.05, 0.1) is 24.2 Å². The van der Waals surface area contributed by atoms with Crippen LogP contribution in [0.5, 0.6) is 0 Å². The van der Waals surface area contributed by atoms with E-state index in [0.717, 1.165) is 16.3 Å². The Morgan fingerprint density at radius 2 is 1.87 bits per heavy atom. The standard InChI is InChI=1S/C18H21NO3S/c1-3-22-18(21)12-23-11-17(20)19-13(2)15-10-6-8-14-7-4-5-9-16(14)15/h4-10,13H,3,11-12H2,1-2H3,(H,19,20)/t13-/m1/s1. The number of hydrogen-bond donors (Lipinski definition) is 1. The third-order valence-corrected chi connectivity index (χ3v) is 4.33. The van der Waals surface area contributed by atoms with Crippen LogP contribution in [0, 0.1) is 0 Å².